The lowest BCUT2D eigenvalue weighted by atomic mass is 10.2. The van der Waals surface area contributed by atoms with Crippen molar-refractivity contribution in [3.8, 4) is 0 Å². The topological polar surface area (TPSA) is 0 Å². The monoisotopic (exact) mass is 498 g/mol. The zero-order valence-electron chi connectivity index (χ0n) is 20.1. The third kappa shape index (κ3) is 9.96. The molecule has 0 unspecified atom stereocenters. The number of benzene rings is 2. The Labute approximate surface area is 203 Å². The number of quaternary nitrogens is 2. The normalized spacial score (nSPS) is 10.9. The Hall–Kier alpha value is -0.870. The Bertz CT molecular complexity index is 552. The first-order chi connectivity index (χ1) is 13.5. The predicted molar refractivity (Wildman–Crippen MR) is 124 cm³/mol. The molecule has 30 heavy (non-hydrogen) atoms. The zero-order valence-corrected chi connectivity index (χ0v) is 22.4. The van der Waals surface area contributed by atoms with Crippen LogP contribution in [-0.2, 0) is 13.1 Å². The lowest BCUT2D eigenvalue weighted by Crippen LogP contribution is -3.00. The van der Waals surface area contributed by atoms with Crippen LogP contribution in [-0.4, -0.2) is 48.2 Å². The van der Waals surface area contributed by atoms with Gasteiger partial charge < -0.3 is 38.4 Å². The van der Waals surface area contributed by atoms with Crippen molar-refractivity contribution in [3.05, 3.63) is 71.8 Å². The summed E-state index contributed by atoms with van der Waals surface area (Å²) in [5.74, 6) is 0. The lowest BCUT2D eigenvalue weighted by Gasteiger charge is -2.35. The van der Waals surface area contributed by atoms with E-state index < -0.39 is 0 Å². The first kappa shape index (κ1) is 31.3. The van der Waals surface area contributed by atoms with Crippen molar-refractivity contribution in [1.29, 1.82) is 0 Å². The van der Waals surface area contributed by atoms with Gasteiger partial charge in [0.1, 0.15) is 13.1 Å². The van der Waals surface area contributed by atoms with E-state index in [1.54, 1.807) is 0 Å². The van der Waals surface area contributed by atoms with E-state index in [4.69, 9.17) is 0 Å². The van der Waals surface area contributed by atoms with Crippen LogP contribution in [0.4, 0.5) is 0 Å². The van der Waals surface area contributed by atoms with E-state index in [2.05, 4.69) is 102 Å². The van der Waals surface area contributed by atoms with Gasteiger partial charge in [-0.2, -0.15) is 0 Å². The molecule has 0 bridgehead atoms. The molecular formula is C26H44BrClN2. The standard InChI is InChI=1S/2C13H22N.BrH.ClH/c2*1-4-14(5-2,6-3)12-13-10-8-7-9-11-13;;/h2*7-11H,4-6,12H2,1-3H3;2*1H/q2*+1;;/p-2. The van der Waals surface area contributed by atoms with Gasteiger partial charge in [0.2, 0.25) is 0 Å². The fourth-order valence-corrected chi connectivity index (χ4v) is 3.95. The third-order valence-electron chi connectivity index (χ3n) is 6.75. The van der Waals surface area contributed by atoms with Crippen LogP contribution in [0.25, 0.3) is 0 Å². The van der Waals surface area contributed by atoms with Gasteiger partial charge >= 0.3 is 0 Å². The van der Waals surface area contributed by atoms with Gasteiger partial charge in [-0.15, -0.1) is 0 Å². The molecule has 0 saturated carbocycles. The van der Waals surface area contributed by atoms with Crippen molar-refractivity contribution >= 4 is 0 Å². The highest BCUT2D eigenvalue weighted by Crippen LogP contribution is 2.14. The minimum atomic E-state index is 0. The maximum Gasteiger partial charge on any atom is 0.104 e. The molecule has 0 amide bonds. The Kier molecular flexibility index (Phi) is 17.5. The average molecular weight is 500 g/mol. The summed E-state index contributed by atoms with van der Waals surface area (Å²) in [6.45, 7) is 23.4. The molecule has 0 saturated heterocycles. The Morgan fingerprint density at radius 1 is 0.467 bits per heavy atom. The van der Waals surface area contributed by atoms with Crippen molar-refractivity contribution in [2.24, 2.45) is 0 Å². The van der Waals surface area contributed by atoms with Gasteiger partial charge in [0.15, 0.2) is 0 Å². The van der Waals surface area contributed by atoms with Crippen molar-refractivity contribution in [2.75, 3.05) is 39.3 Å². The number of hydrogen-bond acceptors (Lipinski definition) is 0. The van der Waals surface area contributed by atoms with E-state index >= 15 is 0 Å². The molecule has 0 N–H and O–H groups in total. The van der Waals surface area contributed by atoms with Gasteiger partial charge in [0, 0.05) is 11.1 Å². The summed E-state index contributed by atoms with van der Waals surface area (Å²) >= 11 is 0. The molecule has 0 atom stereocenters. The van der Waals surface area contributed by atoms with Gasteiger partial charge in [-0.25, -0.2) is 0 Å². The van der Waals surface area contributed by atoms with E-state index in [0.717, 1.165) is 0 Å². The van der Waals surface area contributed by atoms with E-state index in [0.29, 0.717) is 0 Å². The number of rotatable bonds is 10. The molecule has 0 spiro atoms. The van der Waals surface area contributed by atoms with Gasteiger partial charge in [-0.3, -0.25) is 0 Å². The number of nitrogens with zero attached hydrogens (tertiary/aromatic N) is 2. The van der Waals surface area contributed by atoms with Gasteiger partial charge in [-0.05, 0) is 41.5 Å². The second-order valence-electron chi connectivity index (χ2n) is 7.87. The summed E-state index contributed by atoms with van der Waals surface area (Å²) < 4.78 is 2.40. The second-order valence-corrected chi connectivity index (χ2v) is 7.87. The molecule has 0 radical (unpaired) electrons. The predicted octanol–water partition coefficient (Wildman–Crippen LogP) is 0.134. The number of halogens is 2. The molecule has 2 aromatic rings. The Balaban J connectivity index is 0. The van der Waals surface area contributed by atoms with E-state index in [1.165, 1.54) is 72.5 Å². The molecule has 0 aliphatic heterocycles. The quantitative estimate of drug-likeness (QED) is 0.408. The molecule has 0 aromatic heterocycles. The lowest BCUT2D eigenvalue weighted by molar-refractivity contribution is -0.936. The van der Waals surface area contributed by atoms with E-state index in [9.17, 15) is 0 Å². The average Bonchev–Trinajstić information content (AvgIpc) is 2.78. The smallest absolute Gasteiger partial charge is 0.104 e. The third-order valence-corrected chi connectivity index (χ3v) is 6.75. The second kappa shape index (κ2) is 16.8. The minimum absolute atomic E-state index is 0. The maximum absolute atomic E-state index is 2.29. The first-order valence-corrected chi connectivity index (χ1v) is 11.3. The molecule has 0 heterocycles. The fraction of sp³-hybridized carbons (Fsp3) is 0.538. The Morgan fingerprint density at radius 2 is 0.700 bits per heavy atom. The number of hydrogen-bond donors (Lipinski definition) is 0. The van der Waals surface area contributed by atoms with Gasteiger partial charge in [0.05, 0.1) is 39.3 Å². The van der Waals surface area contributed by atoms with Crippen molar-refractivity contribution < 1.29 is 38.4 Å². The highest BCUT2D eigenvalue weighted by molar-refractivity contribution is 5.14. The van der Waals surface area contributed by atoms with Crippen molar-refractivity contribution in [2.45, 2.75) is 54.6 Å². The molecule has 0 aliphatic carbocycles. The van der Waals surface area contributed by atoms with Crippen LogP contribution in [0.5, 0.6) is 0 Å². The van der Waals surface area contributed by atoms with Crippen molar-refractivity contribution in [3.63, 3.8) is 0 Å². The summed E-state index contributed by atoms with van der Waals surface area (Å²) in [4.78, 5) is 0. The molecular weight excluding hydrogens is 456 g/mol. The van der Waals surface area contributed by atoms with E-state index in [1.807, 2.05) is 0 Å². The van der Waals surface area contributed by atoms with Crippen LogP contribution in [0, 0.1) is 0 Å². The summed E-state index contributed by atoms with van der Waals surface area (Å²) in [5, 5.41) is 0. The van der Waals surface area contributed by atoms with Gasteiger partial charge in [-0.1, -0.05) is 60.7 Å². The summed E-state index contributed by atoms with van der Waals surface area (Å²) in [5.41, 5.74) is 2.91. The summed E-state index contributed by atoms with van der Waals surface area (Å²) in [7, 11) is 0. The van der Waals surface area contributed by atoms with E-state index in [-0.39, 0.29) is 29.4 Å². The fourth-order valence-electron chi connectivity index (χ4n) is 3.95. The molecule has 0 fully saturated rings. The molecule has 4 heteroatoms. The van der Waals surface area contributed by atoms with Crippen LogP contribution in [0.1, 0.15) is 52.7 Å². The van der Waals surface area contributed by atoms with Crippen LogP contribution in [0.15, 0.2) is 60.7 Å². The summed E-state index contributed by atoms with van der Waals surface area (Å²) in [6, 6.07) is 21.6. The molecule has 0 aliphatic rings. The van der Waals surface area contributed by atoms with Gasteiger partial charge in [0.25, 0.3) is 0 Å². The minimum Gasteiger partial charge on any atom is -1.00 e. The maximum atomic E-state index is 2.29. The highest BCUT2D eigenvalue weighted by Gasteiger charge is 2.21. The SMILES string of the molecule is CC[N+](CC)(CC)Cc1ccccc1.CC[N+](CC)(CC)Cc1ccccc1.[Br-].[Cl-]. The molecule has 2 nitrogen and oxygen atoms in total. The Morgan fingerprint density at radius 3 is 0.900 bits per heavy atom. The molecule has 2 aromatic carbocycles. The largest absolute Gasteiger partial charge is 1.00 e. The summed E-state index contributed by atoms with van der Waals surface area (Å²) in [6.07, 6.45) is 0. The molecule has 172 valence electrons. The van der Waals surface area contributed by atoms with Crippen LogP contribution in [0.3, 0.4) is 0 Å². The van der Waals surface area contributed by atoms with Crippen LogP contribution in [0.2, 0.25) is 0 Å². The zero-order chi connectivity index (χ0) is 20.9. The highest BCUT2D eigenvalue weighted by atomic mass is 79.9. The van der Waals surface area contributed by atoms with Crippen LogP contribution >= 0.6 is 0 Å². The van der Waals surface area contributed by atoms with Crippen LogP contribution < -0.4 is 29.4 Å². The first-order valence-electron chi connectivity index (χ1n) is 11.3. The molecule has 2 rings (SSSR count). The van der Waals surface area contributed by atoms with Crippen molar-refractivity contribution in [1.82, 2.24) is 0 Å².